The van der Waals surface area contributed by atoms with Crippen molar-refractivity contribution in [2.45, 2.75) is 13.1 Å². The Bertz CT molecular complexity index is 1610. The van der Waals surface area contributed by atoms with E-state index < -0.39 is 17.8 Å². The Balaban J connectivity index is 1.31. The monoisotopic (exact) mass is 551 g/mol. The van der Waals surface area contributed by atoms with Crippen molar-refractivity contribution >= 4 is 63.6 Å². The normalized spacial score (nSPS) is 13.7. The predicted octanol–water partition coefficient (Wildman–Crippen LogP) is 7.88. The summed E-state index contributed by atoms with van der Waals surface area (Å²) in [6.07, 6.45) is -1.01. The fraction of sp³-hybridized carbons (Fsp3) is 0.0714. The van der Waals surface area contributed by atoms with Crippen molar-refractivity contribution in [2.24, 2.45) is 0 Å². The van der Waals surface area contributed by atoms with Crippen LogP contribution in [0.2, 0.25) is 5.02 Å². The summed E-state index contributed by atoms with van der Waals surface area (Å²) in [5, 5.41) is 11.1. The molecule has 198 valence electrons. The van der Waals surface area contributed by atoms with E-state index in [1.54, 1.807) is 37.4 Å². The number of hydrogen-bond acceptors (Lipinski definition) is 3. The summed E-state index contributed by atoms with van der Waals surface area (Å²) in [5.74, 6) is -0.203. The van der Waals surface area contributed by atoms with Crippen LogP contribution >= 0.6 is 11.6 Å². The highest BCUT2D eigenvalue weighted by Crippen LogP contribution is 2.36. The highest BCUT2D eigenvalue weighted by molar-refractivity contribution is 6.35. The lowest BCUT2D eigenvalue weighted by molar-refractivity contribution is -0.137. The second-order valence-corrected chi connectivity index (χ2v) is 9.23. The zero-order chi connectivity index (χ0) is 27.7. The van der Waals surface area contributed by atoms with Gasteiger partial charge in [0.1, 0.15) is 0 Å². The zero-order valence-corrected chi connectivity index (χ0v) is 21.1. The lowest BCUT2D eigenvalue weighted by atomic mass is 10.1. The van der Waals surface area contributed by atoms with E-state index in [1.165, 1.54) is 0 Å². The third kappa shape index (κ3) is 5.75. The minimum atomic E-state index is -4.57. The molecule has 3 aromatic carbocycles. The number of urea groups is 1. The van der Waals surface area contributed by atoms with Gasteiger partial charge in [-0.05, 0) is 73.2 Å². The van der Waals surface area contributed by atoms with Gasteiger partial charge in [0.05, 0.1) is 27.5 Å². The van der Waals surface area contributed by atoms with E-state index in [4.69, 9.17) is 11.6 Å². The molecular weight excluding hydrogens is 531 g/mol. The number of benzene rings is 3. The van der Waals surface area contributed by atoms with Gasteiger partial charge in [0.2, 0.25) is 0 Å². The second-order valence-electron chi connectivity index (χ2n) is 8.82. The van der Waals surface area contributed by atoms with E-state index >= 15 is 0 Å². The fourth-order valence-corrected chi connectivity index (χ4v) is 4.24. The molecule has 0 aliphatic carbocycles. The Kier molecular flexibility index (Phi) is 6.80. The van der Waals surface area contributed by atoms with E-state index in [0.29, 0.717) is 28.3 Å². The Morgan fingerprint density at radius 1 is 0.949 bits per heavy atom. The molecule has 0 bridgehead atoms. The van der Waals surface area contributed by atoms with E-state index in [0.717, 1.165) is 35.0 Å². The van der Waals surface area contributed by atoms with Gasteiger partial charge in [-0.15, -0.1) is 0 Å². The molecule has 0 atom stereocenters. The third-order valence-electron chi connectivity index (χ3n) is 6.04. The number of anilines is 5. The summed E-state index contributed by atoms with van der Waals surface area (Å²) in [4.78, 5) is 28.2. The number of rotatable bonds is 5. The van der Waals surface area contributed by atoms with Crippen LogP contribution in [0.15, 0.2) is 72.9 Å². The number of amides is 3. The Morgan fingerprint density at radius 3 is 2.44 bits per heavy atom. The van der Waals surface area contributed by atoms with Gasteiger partial charge in [-0.3, -0.25) is 4.79 Å². The van der Waals surface area contributed by atoms with Gasteiger partial charge in [0.25, 0.3) is 5.91 Å². The van der Waals surface area contributed by atoms with Gasteiger partial charge >= 0.3 is 12.2 Å². The number of H-pyrrole nitrogens is 1. The molecule has 11 heteroatoms. The molecule has 1 aliphatic rings. The van der Waals surface area contributed by atoms with E-state index in [2.05, 4.69) is 26.3 Å². The molecule has 4 aromatic rings. The van der Waals surface area contributed by atoms with Gasteiger partial charge in [-0.25, -0.2) is 4.79 Å². The first-order chi connectivity index (χ1) is 18.6. The van der Waals surface area contributed by atoms with Crippen LogP contribution in [0.5, 0.6) is 0 Å². The molecule has 0 unspecified atom stereocenters. The van der Waals surface area contributed by atoms with Crippen LogP contribution in [0, 0.1) is 6.92 Å². The van der Waals surface area contributed by atoms with Crippen LogP contribution in [0.4, 0.5) is 46.4 Å². The van der Waals surface area contributed by atoms with Gasteiger partial charge in [-0.1, -0.05) is 23.7 Å². The minimum Gasteiger partial charge on any atom is -0.362 e. The maximum Gasteiger partial charge on any atom is 0.416 e. The van der Waals surface area contributed by atoms with Crippen LogP contribution in [-0.4, -0.2) is 16.9 Å². The van der Waals surface area contributed by atoms with E-state index in [9.17, 15) is 22.8 Å². The maximum atomic E-state index is 13.0. The summed E-state index contributed by atoms with van der Waals surface area (Å²) in [7, 11) is 0. The van der Waals surface area contributed by atoms with Crippen LogP contribution in [-0.2, 0) is 11.0 Å². The van der Waals surface area contributed by atoms with Crippen molar-refractivity contribution in [1.82, 2.24) is 4.98 Å². The molecule has 5 rings (SSSR count). The highest BCUT2D eigenvalue weighted by atomic mass is 35.5. The lowest BCUT2D eigenvalue weighted by Gasteiger charge is -2.15. The summed E-state index contributed by atoms with van der Waals surface area (Å²) < 4.78 is 39.1. The molecule has 0 saturated carbocycles. The number of aromatic amines is 1. The maximum absolute atomic E-state index is 13.0. The number of fused-ring (bicyclic) bond motifs is 1. The van der Waals surface area contributed by atoms with E-state index in [1.807, 2.05) is 30.3 Å². The first kappa shape index (κ1) is 25.9. The van der Waals surface area contributed by atoms with Crippen molar-refractivity contribution in [1.29, 1.82) is 0 Å². The number of carbonyl (C=O) groups excluding carboxylic acids is 2. The predicted molar refractivity (Wildman–Crippen MR) is 147 cm³/mol. The molecule has 1 aliphatic heterocycles. The summed E-state index contributed by atoms with van der Waals surface area (Å²) in [5.41, 5.74) is 4.20. The summed E-state index contributed by atoms with van der Waals surface area (Å²) in [6.45, 7) is 1.78. The number of halogens is 4. The number of nitrogens with one attached hydrogen (secondary N) is 5. The zero-order valence-electron chi connectivity index (χ0n) is 20.3. The molecule has 0 radical (unpaired) electrons. The number of alkyl halides is 3. The van der Waals surface area contributed by atoms with Gasteiger partial charge in [0, 0.05) is 34.5 Å². The first-order valence-corrected chi connectivity index (χ1v) is 12.1. The van der Waals surface area contributed by atoms with Gasteiger partial charge in [-0.2, -0.15) is 13.2 Å². The molecule has 0 spiro atoms. The lowest BCUT2D eigenvalue weighted by Crippen LogP contribution is -2.20. The van der Waals surface area contributed by atoms with Crippen molar-refractivity contribution in [3.8, 4) is 0 Å². The van der Waals surface area contributed by atoms with Crippen LogP contribution < -0.4 is 21.3 Å². The Morgan fingerprint density at radius 2 is 1.69 bits per heavy atom. The average molecular weight is 552 g/mol. The average Bonchev–Trinajstić information content (AvgIpc) is 3.49. The minimum absolute atomic E-state index is 0.0279. The van der Waals surface area contributed by atoms with Gasteiger partial charge < -0.3 is 26.3 Å². The highest BCUT2D eigenvalue weighted by Gasteiger charge is 2.31. The molecular formula is C28H21ClF3N5O2. The topological polar surface area (TPSA) is 98.0 Å². The van der Waals surface area contributed by atoms with Crippen LogP contribution in [0.3, 0.4) is 0 Å². The summed E-state index contributed by atoms with van der Waals surface area (Å²) >= 11 is 5.98. The van der Waals surface area contributed by atoms with Crippen molar-refractivity contribution in [2.75, 3.05) is 21.3 Å². The molecule has 2 heterocycles. The first-order valence-electron chi connectivity index (χ1n) is 11.7. The SMILES string of the molecule is Cc1ccc(Nc2ccc3c(c2)NC(=O)/C3=C\c2ccc[nH]2)cc1NC(=O)Nc1cc(C(F)(F)F)ccc1Cl. The second kappa shape index (κ2) is 10.2. The van der Waals surface area contributed by atoms with Crippen LogP contribution in [0.1, 0.15) is 22.4 Å². The number of aryl methyl sites for hydroxylation is 1. The van der Waals surface area contributed by atoms with Crippen molar-refractivity contribution < 1.29 is 22.8 Å². The number of carbonyl (C=O) groups is 2. The molecule has 39 heavy (non-hydrogen) atoms. The Hall–Kier alpha value is -4.70. The number of hydrogen-bond donors (Lipinski definition) is 5. The van der Waals surface area contributed by atoms with Crippen LogP contribution in [0.25, 0.3) is 11.6 Å². The molecule has 3 amide bonds. The quantitative estimate of drug-likeness (QED) is 0.163. The van der Waals surface area contributed by atoms with Crippen molar-refractivity contribution in [3.05, 3.63) is 100 Å². The van der Waals surface area contributed by atoms with E-state index in [-0.39, 0.29) is 16.6 Å². The van der Waals surface area contributed by atoms with Crippen molar-refractivity contribution in [3.63, 3.8) is 0 Å². The standard InChI is InChI=1S/C28H21ClF3N5O2/c1-15-4-6-18(13-23(15)36-27(39)37-25-11-16(28(30,31)32)5-9-22(25)29)34-19-7-8-20-21(12-17-3-2-10-33-17)26(38)35-24(20)14-19/h2-14,33-34H,1H3,(H,35,38)(H2,36,37,39)/b21-12-. The third-order valence-corrected chi connectivity index (χ3v) is 6.37. The molecule has 5 N–H and O–H groups in total. The Labute approximate surface area is 226 Å². The molecule has 0 fully saturated rings. The number of aromatic nitrogens is 1. The molecule has 7 nitrogen and oxygen atoms in total. The largest absolute Gasteiger partial charge is 0.416 e. The summed E-state index contributed by atoms with van der Waals surface area (Å²) in [6, 6.07) is 16.4. The molecule has 0 saturated heterocycles. The smallest absolute Gasteiger partial charge is 0.362 e. The fourth-order valence-electron chi connectivity index (χ4n) is 4.08. The van der Waals surface area contributed by atoms with Gasteiger partial charge in [0.15, 0.2) is 0 Å². The molecule has 1 aromatic heterocycles.